The fourth-order valence-electron chi connectivity index (χ4n) is 3.85. The lowest BCUT2D eigenvalue weighted by molar-refractivity contribution is -0.115. The van der Waals surface area contributed by atoms with Crippen molar-refractivity contribution in [3.63, 3.8) is 0 Å². The lowest BCUT2D eigenvalue weighted by atomic mass is 9.88. The van der Waals surface area contributed by atoms with Gasteiger partial charge in [-0.05, 0) is 48.6 Å². The number of benzene rings is 1. The van der Waals surface area contributed by atoms with Gasteiger partial charge >= 0.3 is 0 Å². The zero-order chi connectivity index (χ0) is 18.2. The molecule has 0 saturated heterocycles. The summed E-state index contributed by atoms with van der Waals surface area (Å²) in [5.74, 6) is 0.325. The fraction of sp³-hybridized carbons (Fsp3) is 0.190. The van der Waals surface area contributed by atoms with Crippen LogP contribution in [0.1, 0.15) is 35.6 Å². The maximum Gasteiger partial charge on any atom is 0.276 e. The van der Waals surface area contributed by atoms with Crippen LogP contribution in [0.5, 0.6) is 0 Å². The number of aromatic nitrogens is 2. The van der Waals surface area contributed by atoms with E-state index in [1.807, 2.05) is 18.3 Å². The lowest BCUT2D eigenvalue weighted by Gasteiger charge is -2.26. The van der Waals surface area contributed by atoms with Crippen molar-refractivity contribution in [2.24, 2.45) is 4.99 Å². The number of halogens is 2. The van der Waals surface area contributed by atoms with Crippen LogP contribution in [0.15, 0.2) is 59.5 Å². The van der Waals surface area contributed by atoms with E-state index in [0.717, 1.165) is 35.9 Å². The van der Waals surface area contributed by atoms with Crippen molar-refractivity contribution in [1.82, 2.24) is 20.6 Å². The molecule has 1 aliphatic carbocycles. The molecule has 0 radical (unpaired) electrons. The third-order valence-corrected chi connectivity index (χ3v) is 5.15. The van der Waals surface area contributed by atoms with Crippen molar-refractivity contribution in [1.29, 1.82) is 0 Å². The van der Waals surface area contributed by atoms with E-state index < -0.39 is 0 Å². The van der Waals surface area contributed by atoms with E-state index in [2.05, 4.69) is 49.9 Å². The molecule has 0 unspecified atom stereocenters. The molecule has 0 saturated carbocycles. The number of carbonyl (C=O) groups is 1. The quantitative estimate of drug-likeness (QED) is 0.540. The molecule has 1 aromatic carbocycles. The van der Waals surface area contributed by atoms with Gasteiger partial charge in [-0.25, -0.2) is 9.98 Å². The first-order valence-corrected chi connectivity index (χ1v) is 9.16. The van der Waals surface area contributed by atoms with E-state index in [0.29, 0.717) is 11.7 Å². The zero-order valence-corrected chi connectivity index (χ0v) is 17.1. The maximum atomic E-state index is 12.4. The number of hydrogen-bond acceptors (Lipinski definition) is 4. The van der Waals surface area contributed by atoms with Crippen molar-refractivity contribution in [3.05, 3.63) is 71.2 Å². The van der Waals surface area contributed by atoms with Crippen molar-refractivity contribution < 1.29 is 4.79 Å². The summed E-state index contributed by atoms with van der Waals surface area (Å²) in [6, 6.07) is 12.5. The number of nitrogens with zero attached hydrogens (tertiary/aromatic N) is 2. The minimum atomic E-state index is -0.195. The Morgan fingerprint density at radius 2 is 2.00 bits per heavy atom. The molecule has 2 aromatic heterocycles. The molecular weight excluding hydrogens is 409 g/mol. The van der Waals surface area contributed by atoms with E-state index in [1.54, 1.807) is 12.3 Å². The summed E-state index contributed by atoms with van der Waals surface area (Å²) in [7, 11) is 0. The minimum absolute atomic E-state index is 0. The number of H-pyrrole nitrogens is 1. The average molecular weight is 430 g/mol. The van der Waals surface area contributed by atoms with Crippen LogP contribution in [-0.4, -0.2) is 21.8 Å². The average Bonchev–Trinajstić information content (AvgIpc) is 3.26. The summed E-state index contributed by atoms with van der Waals surface area (Å²) in [5, 5.41) is 7.22. The number of aromatic amines is 1. The molecule has 8 heteroatoms. The number of rotatable bonds is 2. The van der Waals surface area contributed by atoms with E-state index in [-0.39, 0.29) is 36.8 Å². The molecule has 6 nitrogen and oxygen atoms in total. The molecule has 0 bridgehead atoms. The molecule has 29 heavy (non-hydrogen) atoms. The first-order chi connectivity index (χ1) is 13.3. The molecule has 150 valence electrons. The number of aliphatic imine (C=N–C) groups is 1. The number of amides is 1. The molecular formula is C21H21Cl2N5O. The molecule has 3 aromatic rings. The van der Waals surface area contributed by atoms with Crippen LogP contribution < -0.4 is 10.6 Å². The summed E-state index contributed by atoms with van der Waals surface area (Å²) in [5.41, 5.74) is 4.75. The normalized spacial score (nSPS) is 19.0. The molecule has 0 fully saturated rings. The highest BCUT2D eigenvalue weighted by molar-refractivity contribution is 6.14. The topological polar surface area (TPSA) is 82.2 Å². The Kier molecular flexibility index (Phi) is 6.25. The van der Waals surface area contributed by atoms with Crippen LogP contribution in [0.25, 0.3) is 17.1 Å². The van der Waals surface area contributed by atoms with Crippen LogP contribution in [0.3, 0.4) is 0 Å². The van der Waals surface area contributed by atoms with Crippen molar-refractivity contribution >= 4 is 53.8 Å². The highest BCUT2D eigenvalue weighted by Gasteiger charge is 2.25. The number of nitrogens with one attached hydrogen (secondary N) is 3. The van der Waals surface area contributed by atoms with E-state index >= 15 is 0 Å². The molecule has 2 aliphatic rings. The molecule has 3 heterocycles. The van der Waals surface area contributed by atoms with Crippen LogP contribution in [-0.2, 0) is 11.2 Å². The van der Waals surface area contributed by atoms with Crippen molar-refractivity contribution in [2.45, 2.75) is 25.3 Å². The standard InChI is InChI=1S/C21H19N5O.2ClH/c27-20-18(11-14-12-23-19-16(14)8-4-10-22-19)25-21(26-20)24-17-9-3-6-13-5-1-2-7-15(13)17;;/h1-2,4-5,7-8,10-12,17H,3,6,9H2,(H,22,23)(H2,24,25,26,27);2*1H/t17-;;/m0../s1. The molecule has 1 amide bonds. The molecule has 0 spiro atoms. The first-order valence-electron chi connectivity index (χ1n) is 9.16. The number of hydrogen-bond donors (Lipinski definition) is 3. The van der Waals surface area contributed by atoms with Crippen molar-refractivity contribution in [3.8, 4) is 0 Å². The molecule has 3 N–H and O–H groups in total. The van der Waals surface area contributed by atoms with Crippen LogP contribution in [0.4, 0.5) is 0 Å². The van der Waals surface area contributed by atoms with Gasteiger partial charge in [0.25, 0.3) is 5.91 Å². The second-order valence-electron chi connectivity index (χ2n) is 6.88. The molecule has 1 atom stereocenters. The zero-order valence-electron chi connectivity index (χ0n) is 15.5. The van der Waals surface area contributed by atoms with E-state index in [9.17, 15) is 4.79 Å². The highest BCUT2D eigenvalue weighted by atomic mass is 35.5. The smallest absolute Gasteiger partial charge is 0.276 e. The second kappa shape index (κ2) is 8.68. The van der Waals surface area contributed by atoms with Gasteiger partial charge in [-0.2, -0.15) is 0 Å². The maximum absolute atomic E-state index is 12.4. The number of pyridine rings is 1. The highest BCUT2D eigenvalue weighted by Crippen LogP contribution is 2.29. The predicted octanol–water partition coefficient (Wildman–Crippen LogP) is 3.90. The Labute approximate surface area is 180 Å². The largest absolute Gasteiger partial charge is 0.349 e. The number of carbonyl (C=O) groups excluding carboxylic acids is 1. The van der Waals surface area contributed by atoms with Gasteiger partial charge in [0.05, 0.1) is 6.04 Å². The summed E-state index contributed by atoms with van der Waals surface area (Å²) >= 11 is 0. The van der Waals surface area contributed by atoms with Gasteiger partial charge in [-0.1, -0.05) is 24.3 Å². The van der Waals surface area contributed by atoms with Gasteiger partial charge in [-0.3, -0.25) is 10.1 Å². The second-order valence-corrected chi connectivity index (χ2v) is 6.88. The number of fused-ring (bicyclic) bond motifs is 2. The van der Waals surface area contributed by atoms with Crippen LogP contribution >= 0.6 is 24.8 Å². The van der Waals surface area contributed by atoms with Crippen molar-refractivity contribution in [2.75, 3.05) is 0 Å². The minimum Gasteiger partial charge on any atom is -0.349 e. The summed E-state index contributed by atoms with van der Waals surface area (Å²) in [6.45, 7) is 0. The molecule has 5 rings (SSSR count). The Bertz CT molecular complexity index is 1110. The number of aryl methyl sites for hydroxylation is 1. The Hall–Kier alpha value is -2.83. The Morgan fingerprint density at radius 1 is 1.14 bits per heavy atom. The summed E-state index contributed by atoms with van der Waals surface area (Å²) < 4.78 is 0. The SMILES string of the molecule is Cl.Cl.O=C1NC(N[C@H]2CCCc3ccccc32)=NC1=Cc1c[nH]c2ncccc12. The summed E-state index contributed by atoms with van der Waals surface area (Å²) in [6.07, 6.45) is 8.63. The van der Waals surface area contributed by atoms with Gasteiger partial charge in [-0.15, -0.1) is 24.8 Å². The summed E-state index contributed by atoms with van der Waals surface area (Å²) in [4.78, 5) is 24.3. The fourth-order valence-corrected chi connectivity index (χ4v) is 3.85. The van der Waals surface area contributed by atoms with Crippen LogP contribution in [0.2, 0.25) is 0 Å². The van der Waals surface area contributed by atoms with E-state index in [1.165, 1.54) is 11.1 Å². The van der Waals surface area contributed by atoms with Crippen LogP contribution in [0, 0.1) is 0 Å². The van der Waals surface area contributed by atoms with Gasteiger partial charge in [0, 0.05) is 23.3 Å². The first kappa shape index (κ1) is 20.9. The monoisotopic (exact) mass is 429 g/mol. The Balaban J connectivity index is 0.00000120. The lowest BCUT2D eigenvalue weighted by Crippen LogP contribution is -2.39. The molecule has 1 aliphatic heterocycles. The van der Waals surface area contributed by atoms with Gasteiger partial charge < -0.3 is 10.3 Å². The third kappa shape index (κ3) is 3.99. The van der Waals surface area contributed by atoms with Gasteiger partial charge in [0.1, 0.15) is 11.3 Å². The Morgan fingerprint density at radius 3 is 2.90 bits per heavy atom. The number of guanidine groups is 1. The van der Waals surface area contributed by atoms with Gasteiger partial charge in [0.2, 0.25) is 5.96 Å². The predicted molar refractivity (Wildman–Crippen MR) is 119 cm³/mol. The van der Waals surface area contributed by atoms with E-state index in [4.69, 9.17) is 0 Å². The third-order valence-electron chi connectivity index (χ3n) is 5.15. The van der Waals surface area contributed by atoms with Gasteiger partial charge in [0.15, 0.2) is 0 Å².